The zero-order valence-corrected chi connectivity index (χ0v) is 19.9. The molecule has 2 atom stereocenters. The van der Waals surface area contributed by atoms with Gasteiger partial charge >= 0.3 is 0 Å². The molecule has 0 bridgehead atoms. The number of nitro benzene ring substituents is 1. The summed E-state index contributed by atoms with van der Waals surface area (Å²) in [6.07, 6.45) is -0.204. The van der Waals surface area contributed by atoms with E-state index in [2.05, 4.69) is 0 Å². The maximum atomic E-state index is 13.7. The normalized spacial score (nSPS) is 16.1. The second kappa shape index (κ2) is 10.4. The first-order valence-electron chi connectivity index (χ1n) is 11.5. The van der Waals surface area contributed by atoms with Crippen molar-refractivity contribution >= 4 is 29.1 Å². The molecule has 2 unspecified atom stereocenters. The topological polar surface area (TPSA) is 110 Å². The summed E-state index contributed by atoms with van der Waals surface area (Å²) in [5, 5.41) is 11.3. The number of nitro groups is 1. The summed E-state index contributed by atoms with van der Waals surface area (Å²) in [7, 11) is 0. The van der Waals surface area contributed by atoms with E-state index in [0.29, 0.717) is 18.0 Å². The Morgan fingerprint density at radius 3 is 2.42 bits per heavy atom. The predicted molar refractivity (Wildman–Crippen MR) is 133 cm³/mol. The molecule has 1 heterocycles. The van der Waals surface area contributed by atoms with Crippen LogP contribution in [0.15, 0.2) is 78.9 Å². The number of nitrogens with zero attached hydrogens (tertiary/aromatic N) is 3. The third kappa shape index (κ3) is 4.81. The standard InChI is InChI=1S/C27H25N3O6/c1-3-36-23-14-12-21(13-15-23)29-25(31)17-24(27(29)33)28(18(2)19-8-5-4-6-9-19)26(32)20-10-7-11-22(16-20)30(34)35/h4-16,18,24H,3,17H2,1-2H3. The fraction of sp³-hybridized carbons (Fsp3) is 0.222. The number of amides is 3. The number of rotatable bonds is 8. The highest BCUT2D eigenvalue weighted by atomic mass is 16.6. The SMILES string of the molecule is CCOc1ccc(N2C(=O)CC(N(C(=O)c3cccc([N+](=O)[O-])c3)C(C)c3ccccc3)C2=O)cc1. The molecule has 1 fully saturated rings. The Morgan fingerprint density at radius 2 is 1.78 bits per heavy atom. The lowest BCUT2D eigenvalue weighted by molar-refractivity contribution is -0.384. The van der Waals surface area contributed by atoms with Crippen LogP contribution in [0.25, 0.3) is 0 Å². The molecule has 0 radical (unpaired) electrons. The zero-order chi connectivity index (χ0) is 25.8. The average molecular weight is 488 g/mol. The van der Waals surface area contributed by atoms with E-state index in [-0.39, 0.29) is 17.7 Å². The van der Waals surface area contributed by atoms with Gasteiger partial charge in [0.05, 0.1) is 29.7 Å². The molecule has 1 saturated heterocycles. The van der Waals surface area contributed by atoms with Crippen molar-refractivity contribution < 1.29 is 24.0 Å². The lowest BCUT2D eigenvalue weighted by atomic mass is 10.0. The van der Waals surface area contributed by atoms with Gasteiger partial charge in [0.2, 0.25) is 5.91 Å². The smallest absolute Gasteiger partial charge is 0.270 e. The Morgan fingerprint density at radius 1 is 1.08 bits per heavy atom. The molecule has 3 amide bonds. The van der Waals surface area contributed by atoms with Crippen LogP contribution in [-0.2, 0) is 9.59 Å². The average Bonchev–Trinajstić information content (AvgIpc) is 3.18. The molecule has 0 saturated carbocycles. The Labute approximate surface area is 208 Å². The summed E-state index contributed by atoms with van der Waals surface area (Å²) >= 11 is 0. The largest absolute Gasteiger partial charge is 0.494 e. The molecule has 0 N–H and O–H groups in total. The summed E-state index contributed by atoms with van der Waals surface area (Å²) < 4.78 is 5.43. The zero-order valence-electron chi connectivity index (χ0n) is 19.9. The second-order valence-corrected chi connectivity index (χ2v) is 8.32. The van der Waals surface area contributed by atoms with E-state index in [1.807, 2.05) is 37.3 Å². The Bertz CT molecular complexity index is 1290. The minimum atomic E-state index is -1.08. The lowest BCUT2D eigenvalue weighted by Crippen LogP contribution is -2.46. The summed E-state index contributed by atoms with van der Waals surface area (Å²) in [6.45, 7) is 4.10. The Hall–Kier alpha value is -4.53. The molecular formula is C27H25N3O6. The Kier molecular flexibility index (Phi) is 7.10. The summed E-state index contributed by atoms with van der Waals surface area (Å²) in [6, 6.07) is 19.4. The van der Waals surface area contributed by atoms with Gasteiger partial charge in [0.25, 0.3) is 17.5 Å². The van der Waals surface area contributed by atoms with Crippen LogP contribution in [0.2, 0.25) is 0 Å². The highest BCUT2D eigenvalue weighted by Crippen LogP contribution is 2.33. The number of non-ortho nitro benzene ring substituents is 1. The summed E-state index contributed by atoms with van der Waals surface area (Å²) in [5.41, 5.74) is 0.965. The first-order valence-corrected chi connectivity index (χ1v) is 11.5. The molecule has 1 aliphatic rings. The summed E-state index contributed by atoms with van der Waals surface area (Å²) in [5.74, 6) is -0.941. The highest BCUT2D eigenvalue weighted by molar-refractivity contribution is 6.23. The molecule has 36 heavy (non-hydrogen) atoms. The van der Waals surface area contributed by atoms with E-state index < -0.39 is 34.7 Å². The third-order valence-electron chi connectivity index (χ3n) is 6.10. The van der Waals surface area contributed by atoms with E-state index in [1.165, 1.54) is 29.2 Å². The van der Waals surface area contributed by atoms with Gasteiger partial charge in [-0.15, -0.1) is 0 Å². The predicted octanol–water partition coefficient (Wildman–Crippen LogP) is 4.53. The quantitative estimate of drug-likeness (QED) is 0.262. The first kappa shape index (κ1) is 24.6. The molecule has 0 aliphatic carbocycles. The number of imide groups is 1. The van der Waals surface area contributed by atoms with E-state index in [1.54, 1.807) is 31.2 Å². The van der Waals surface area contributed by atoms with Crippen LogP contribution in [0.4, 0.5) is 11.4 Å². The van der Waals surface area contributed by atoms with Gasteiger partial charge in [0.1, 0.15) is 11.8 Å². The third-order valence-corrected chi connectivity index (χ3v) is 6.10. The molecular weight excluding hydrogens is 462 g/mol. The number of hydrogen-bond acceptors (Lipinski definition) is 6. The maximum absolute atomic E-state index is 13.7. The monoisotopic (exact) mass is 487 g/mol. The number of carbonyl (C=O) groups is 3. The van der Waals surface area contributed by atoms with Crippen molar-refractivity contribution in [2.45, 2.75) is 32.4 Å². The molecule has 4 rings (SSSR count). The van der Waals surface area contributed by atoms with Crippen LogP contribution in [-0.4, -0.2) is 40.2 Å². The fourth-order valence-electron chi connectivity index (χ4n) is 4.34. The van der Waals surface area contributed by atoms with Gasteiger partial charge in [-0.1, -0.05) is 36.4 Å². The van der Waals surface area contributed by atoms with Crippen molar-refractivity contribution in [2.24, 2.45) is 0 Å². The van der Waals surface area contributed by atoms with Crippen LogP contribution in [0.1, 0.15) is 42.2 Å². The molecule has 0 aromatic heterocycles. The molecule has 9 nitrogen and oxygen atoms in total. The van der Waals surface area contributed by atoms with Gasteiger partial charge in [-0.3, -0.25) is 24.5 Å². The lowest BCUT2D eigenvalue weighted by Gasteiger charge is -2.33. The van der Waals surface area contributed by atoms with Crippen molar-refractivity contribution in [3.8, 4) is 5.75 Å². The van der Waals surface area contributed by atoms with E-state index >= 15 is 0 Å². The number of hydrogen-bond donors (Lipinski definition) is 0. The van der Waals surface area contributed by atoms with Gasteiger partial charge in [-0.2, -0.15) is 0 Å². The van der Waals surface area contributed by atoms with Crippen molar-refractivity contribution in [3.63, 3.8) is 0 Å². The van der Waals surface area contributed by atoms with Gasteiger partial charge in [-0.25, -0.2) is 4.90 Å². The van der Waals surface area contributed by atoms with Gasteiger partial charge in [0.15, 0.2) is 0 Å². The van der Waals surface area contributed by atoms with Crippen LogP contribution in [0.5, 0.6) is 5.75 Å². The van der Waals surface area contributed by atoms with Crippen LogP contribution < -0.4 is 9.64 Å². The molecule has 1 aliphatic heterocycles. The molecule has 184 valence electrons. The molecule has 0 spiro atoms. The summed E-state index contributed by atoms with van der Waals surface area (Å²) in [4.78, 5) is 53.5. The van der Waals surface area contributed by atoms with Gasteiger partial charge in [0, 0.05) is 17.7 Å². The van der Waals surface area contributed by atoms with Gasteiger partial charge < -0.3 is 9.64 Å². The highest BCUT2D eigenvalue weighted by Gasteiger charge is 2.46. The molecule has 9 heteroatoms. The molecule has 3 aromatic carbocycles. The van der Waals surface area contributed by atoms with Crippen molar-refractivity contribution in [2.75, 3.05) is 11.5 Å². The number of benzene rings is 3. The number of ether oxygens (including phenoxy) is 1. The number of anilines is 1. The fourth-order valence-corrected chi connectivity index (χ4v) is 4.34. The second-order valence-electron chi connectivity index (χ2n) is 8.32. The van der Waals surface area contributed by atoms with E-state index in [0.717, 1.165) is 10.5 Å². The van der Waals surface area contributed by atoms with E-state index in [9.17, 15) is 24.5 Å². The van der Waals surface area contributed by atoms with Crippen molar-refractivity contribution in [1.29, 1.82) is 0 Å². The van der Waals surface area contributed by atoms with Crippen molar-refractivity contribution in [1.82, 2.24) is 4.90 Å². The molecule has 3 aromatic rings. The first-order chi connectivity index (χ1) is 17.3. The van der Waals surface area contributed by atoms with Crippen LogP contribution in [0.3, 0.4) is 0 Å². The Balaban J connectivity index is 1.72. The van der Waals surface area contributed by atoms with Gasteiger partial charge in [-0.05, 0) is 49.7 Å². The number of carbonyl (C=O) groups excluding carboxylic acids is 3. The van der Waals surface area contributed by atoms with Crippen LogP contribution >= 0.6 is 0 Å². The minimum Gasteiger partial charge on any atom is -0.494 e. The van der Waals surface area contributed by atoms with Crippen LogP contribution in [0, 0.1) is 10.1 Å². The van der Waals surface area contributed by atoms with Crippen molar-refractivity contribution in [3.05, 3.63) is 100 Å². The van der Waals surface area contributed by atoms with E-state index in [4.69, 9.17) is 4.74 Å². The maximum Gasteiger partial charge on any atom is 0.270 e. The minimum absolute atomic E-state index is 0.0618.